The Balaban J connectivity index is 1.03. The van der Waals surface area contributed by atoms with Gasteiger partial charge in [-0.2, -0.15) is 0 Å². The lowest BCUT2D eigenvalue weighted by molar-refractivity contribution is 0.795. The van der Waals surface area contributed by atoms with Gasteiger partial charge in [0.05, 0.1) is 5.69 Å². The van der Waals surface area contributed by atoms with E-state index in [0.717, 1.165) is 40.5 Å². The number of anilines is 6. The van der Waals surface area contributed by atoms with E-state index in [1.807, 2.05) is 0 Å². The molecule has 0 aliphatic heterocycles. The molecule has 0 fully saturated rings. The SMILES string of the molecule is CCCCc1ccc(-c2ccc(N(c3ccc(-c4ccccc4)cc3)c3ccc(-c4ccc(N(c5ccccc5)c5cccc6ccccc56)cc4)cc3)cc2)cc1. The molecule has 0 atom stereocenters. The molecule has 9 aromatic rings. The molecule has 0 aliphatic carbocycles. The number of benzene rings is 9. The van der Waals surface area contributed by atoms with Gasteiger partial charge in [-0.05, 0) is 124 Å². The summed E-state index contributed by atoms with van der Waals surface area (Å²) in [4.78, 5) is 4.70. The maximum atomic E-state index is 2.35. The fourth-order valence-corrected chi connectivity index (χ4v) is 7.94. The summed E-state index contributed by atoms with van der Waals surface area (Å²) in [5, 5.41) is 2.45. The van der Waals surface area contributed by atoms with Crippen molar-refractivity contribution in [2.24, 2.45) is 0 Å². The van der Waals surface area contributed by atoms with Crippen molar-refractivity contribution in [3.63, 3.8) is 0 Å². The molecule has 0 heterocycles. The lowest BCUT2D eigenvalue weighted by atomic mass is 10.0. The minimum Gasteiger partial charge on any atom is -0.311 e. The van der Waals surface area contributed by atoms with Crippen LogP contribution in [0.3, 0.4) is 0 Å². The Morgan fingerprint density at radius 2 is 0.690 bits per heavy atom. The Bertz CT molecular complexity index is 2700. The molecule has 2 nitrogen and oxygen atoms in total. The summed E-state index contributed by atoms with van der Waals surface area (Å²) >= 11 is 0. The molecular weight excluding hydrogens is 701 g/mol. The number of hydrogen-bond acceptors (Lipinski definition) is 2. The standard InChI is InChI=1S/C56H46N2/c1-2-3-13-42-22-24-44(25-23-42)46-28-36-52(37-29-46)57(51-34-26-45(27-35-51)43-14-6-4-7-15-43)53-38-30-47(31-39-53)48-32-40-54(41-33-48)58(50-18-8-5-9-19-50)56-21-12-17-49-16-10-11-20-55(49)56/h4-12,14-41H,2-3,13H2,1H3. The van der Waals surface area contributed by atoms with Crippen molar-refractivity contribution in [3.8, 4) is 33.4 Å². The Kier molecular flexibility index (Phi) is 10.6. The fraction of sp³-hybridized carbons (Fsp3) is 0.0714. The minimum absolute atomic E-state index is 1.10. The lowest BCUT2D eigenvalue weighted by Gasteiger charge is -2.27. The van der Waals surface area contributed by atoms with E-state index < -0.39 is 0 Å². The molecule has 58 heavy (non-hydrogen) atoms. The van der Waals surface area contributed by atoms with Crippen molar-refractivity contribution in [2.45, 2.75) is 26.2 Å². The molecule has 0 saturated heterocycles. The summed E-state index contributed by atoms with van der Waals surface area (Å²) in [5.74, 6) is 0. The second kappa shape index (κ2) is 16.9. The first-order chi connectivity index (χ1) is 28.7. The predicted molar refractivity (Wildman–Crippen MR) is 248 cm³/mol. The molecule has 0 saturated carbocycles. The molecule has 0 N–H and O–H groups in total. The maximum absolute atomic E-state index is 2.35. The quantitative estimate of drug-likeness (QED) is 0.123. The number of fused-ring (bicyclic) bond motifs is 1. The molecule has 0 amide bonds. The highest BCUT2D eigenvalue weighted by atomic mass is 15.1. The molecule has 0 bridgehead atoms. The van der Waals surface area contributed by atoms with Crippen molar-refractivity contribution < 1.29 is 0 Å². The average Bonchev–Trinajstić information content (AvgIpc) is 3.30. The summed E-state index contributed by atoms with van der Waals surface area (Å²) in [6.07, 6.45) is 3.58. The van der Waals surface area contributed by atoms with Crippen LogP contribution in [0, 0.1) is 0 Å². The second-order valence-corrected chi connectivity index (χ2v) is 14.9. The van der Waals surface area contributed by atoms with E-state index in [4.69, 9.17) is 0 Å². The number of hydrogen-bond donors (Lipinski definition) is 0. The van der Waals surface area contributed by atoms with Crippen molar-refractivity contribution >= 4 is 44.9 Å². The highest BCUT2D eigenvalue weighted by Gasteiger charge is 2.17. The van der Waals surface area contributed by atoms with Crippen LogP contribution in [0.2, 0.25) is 0 Å². The predicted octanol–water partition coefficient (Wildman–Crippen LogP) is 16.1. The van der Waals surface area contributed by atoms with Crippen molar-refractivity contribution in [3.05, 3.63) is 230 Å². The summed E-state index contributed by atoms with van der Waals surface area (Å²) < 4.78 is 0. The average molecular weight is 747 g/mol. The summed E-state index contributed by atoms with van der Waals surface area (Å²) in [6.45, 7) is 2.25. The van der Waals surface area contributed by atoms with Crippen molar-refractivity contribution in [1.29, 1.82) is 0 Å². The third-order valence-corrected chi connectivity index (χ3v) is 11.1. The van der Waals surface area contributed by atoms with Gasteiger partial charge in [-0.3, -0.25) is 0 Å². The van der Waals surface area contributed by atoms with Crippen molar-refractivity contribution in [2.75, 3.05) is 9.80 Å². The Morgan fingerprint density at radius 3 is 1.19 bits per heavy atom. The van der Waals surface area contributed by atoms with Crippen LogP contribution in [0.25, 0.3) is 44.2 Å². The Labute approximate surface area is 342 Å². The van der Waals surface area contributed by atoms with Gasteiger partial charge < -0.3 is 9.80 Å². The summed E-state index contributed by atoms with van der Waals surface area (Å²) in [7, 11) is 0. The van der Waals surface area contributed by atoms with Crippen LogP contribution in [-0.2, 0) is 6.42 Å². The lowest BCUT2D eigenvalue weighted by Crippen LogP contribution is -2.10. The van der Waals surface area contributed by atoms with Crippen LogP contribution in [0.4, 0.5) is 34.1 Å². The molecule has 9 rings (SSSR count). The number of unbranched alkanes of at least 4 members (excludes halogenated alkanes) is 1. The molecular formula is C56H46N2. The van der Waals surface area contributed by atoms with Crippen LogP contribution in [0.15, 0.2) is 224 Å². The highest BCUT2D eigenvalue weighted by molar-refractivity contribution is 5.99. The van der Waals surface area contributed by atoms with E-state index >= 15 is 0 Å². The first kappa shape index (κ1) is 36.5. The topological polar surface area (TPSA) is 6.48 Å². The van der Waals surface area contributed by atoms with Gasteiger partial charge in [-0.15, -0.1) is 0 Å². The smallest absolute Gasteiger partial charge is 0.0540 e. The third kappa shape index (κ3) is 7.78. The first-order valence-electron chi connectivity index (χ1n) is 20.4. The van der Waals surface area contributed by atoms with Crippen molar-refractivity contribution in [1.82, 2.24) is 0 Å². The van der Waals surface area contributed by atoms with Crippen LogP contribution in [-0.4, -0.2) is 0 Å². The molecule has 0 spiro atoms. The summed E-state index contributed by atoms with van der Waals surface area (Å²) in [5.41, 5.74) is 15.3. The number of aryl methyl sites for hydroxylation is 1. The fourth-order valence-electron chi connectivity index (χ4n) is 7.94. The minimum atomic E-state index is 1.10. The summed E-state index contributed by atoms with van der Waals surface area (Å²) in [6, 6.07) is 81.2. The highest BCUT2D eigenvalue weighted by Crippen LogP contribution is 2.41. The van der Waals surface area contributed by atoms with Gasteiger partial charge in [-0.1, -0.05) is 171 Å². The molecule has 0 aromatic heterocycles. The van der Waals surface area contributed by atoms with E-state index in [2.05, 4.69) is 241 Å². The molecule has 2 heteroatoms. The van der Waals surface area contributed by atoms with E-state index in [9.17, 15) is 0 Å². The van der Waals surface area contributed by atoms with Gasteiger partial charge >= 0.3 is 0 Å². The molecule has 9 aromatic carbocycles. The largest absolute Gasteiger partial charge is 0.311 e. The van der Waals surface area contributed by atoms with Gasteiger partial charge in [0.25, 0.3) is 0 Å². The monoisotopic (exact) mass is 746 g/mol. The van der Waals surface area contributed by atoms with Crippen LogP contribution < -0.4 is 9.80 Å². The third-order valence-electron chi connectivity index (χ3n) is 11.1. The number of rotatable bonds is 12. The van der Waals surface area contributed by atoms with Gasteiger partial charge in [-0.25, -0.2) is 0 Å². The van der Waals surface area contributed by atoms with E-state index in [0.29, 0.717) is 0 Å². The van der Waals surface area contributed by atoms with E-state index in [1.165, 1.54) is 62.6 Å². The molecule has 0 aliphatic rings. The van der Waals surface area contributed by atoms with E-state index in [1.54, 1.807) is 0 Å². The Morgan fingerprint density at radius 1 is 0.310 bits per heavy atom. The van der Waals surface area contributed by atoms with Gasteiger partial charge in [0.2, 0.25) is 0 Å². The molecule has 0 radical (unpaired) electrons. The zero-order chi connectivity index (χ0) is 39.1. The zero-order valence-corrected chi connectivity index (χ0v) is 32.9. The Hall–Kier alpha value is -7.16. The molecule has 0 unspecified atom stereocenters. The maximum Gasteiger partial charge on any atom is 0.0540 e. The second-order valence-electron chi connectivity index (χ2n) is 14.9. The van der Waals surface area contributed by atoms with Gasteiger partial charge in [0.15, 0.2) is 0 Å². The zero-order valence-electron chi connectivity index (χ0n) is 32.9. The number of para-hydroxylation sites is 1. The van der Waals surface area contributed by atoms with Gasteiger partial charge in [0.1, 0.15) is 0 Å². The van der Waals surface area contributed by atoms with Gasteiger partial charge in [0, 0.05) is 33.8 Å². The normalized spacial score (nSPS) is 11.1. The van der Waals surface area contributed by atoms with Crippen LogP contribution >= 0.6 is 0 Å². The first-order valence-corrected chi connectivity index (χ1v) is 20.4. The van der Waals surface area contributed by atoms with E-state index in [-0.39, 0.29) is 0 Å². The van der Waals surface area contributed by atoms with Crippen LogP contribution in [0.1, 0.15) is 25.3 Å². The van der Waals surface area contributed by atoms with Crippen LogP contribution in [0.5, 0.6) is 0 Å². The number of nitrogens with zero attached hydrogens (tertiary/aromatic N) is 2. The molecule has 280 valence electrons.